The molecule has 1 aromatic rings. The molecule has 0 radical (unpaired) electrons. The number of methoxy groups -OCH3 is 1. The molecule has 6 nitrogen and oxygen atoms in total. The van der Waals surface area contributed by atoms with Gasteiger partial charge in [-0.1, -0.05) is 5.16 Å². The van der Waals surface area contributed by atoms with E-state index in [-0.39, 0.29) is 12.6 Å². The van der Waals surface area contributed by atoms with E-state index in [0.29, 0.717) is 23.0 Å². The maximum Gasteiger partial charge on any atom is 0.189 e. The van der Waals surface area contributed by atoms with E-state index in [2.05, 4.69) is 5.16 Å². The third kappa shape index (κ3) is 3.75. The molecule has 104 valence electrons. The highest BCUT2D eigenvalue weighted by Crippen LogP contribution is 2.30. The minimum atomic E-state index is 0.0230. The Morgan fingerprint density at radius 2 is 2.21 bits per heavy atom. The third-order valence-electron chi connectivity index (χ3n) is 2.92. The van der Waals surface area contributed by atoms with Crippen LogP contribution in [0, 0.1) is 5.92 Å². The van der Waals surface area contributed by atoms with Crippen LogP contribution in [0.4, 0.5) is 0 Å². The van der Waals surface area contributed by atoms with Gasteiger partial charge in [-0.15, -0.1) is 0 Å². The molecule has 1 aromatic carbocycles. The summed E-state index contributed by atoms with van der Waals surface area (Å²) in [5.74, 6) is 1.80. The van der Waals surface area contributed by atoms with Crippen LogP contribution >= 0.6 is 0 Å². The summed E-state index contributed by atoms with van der Waals surface area (Å²) in [6, 6.07) is 5.03. The average Bonchev–Trinajstić information content (AvgIpc) is 3.27. The van der Waals surface area contributed by atoms with E-state index in [1.54, 1.807) is 18.2 Å². The Labute approximate surface area is 111 Å². The lowest BCUT2D eigenvalue weighted by molar-refractivity contribution is 0.00866. The number of nitrogens with two attached hydrogens (primary N) is 1. The lowest BCUT2D eigenvalue weighted by atomic mass is 10.2. The largest absolute Gasteiger partial charge is 0.493 e. The van der Waals surface area contributed by atoms with Crippen LogP contribution in [0.3, 0.4) is 0 Å². The predicted octanol–water partition coefficient (Wildman–Crippen LogP) is 1.55. The van der Waals surface area contributed by atoms with Gasteiger partial charge >= 0.3 is 0 Å². The summed E-state index contributed by atoms with van der Waals surface area (Å²) >= 11 is 0. The lowest BCUT2D eigenvalue weighted by Crippen LogP contribution is -2.13. The highest BCUT2D eigenvalue weighted by Gasteiger charge is 2.21. The third-order valence-corrected chi connectivity index (χ3v) is 2.92. The Hall–Kier alpha value is -1.95. The van der Waals surface area contributed by atoms with Gasteiger partial charge in [-0.3, -0.25) is 0 Å². The molecule has 2 rings (SSSR count). The van der Waals surface area contributed by atoms with Crippen molar-refractivity contribution >= 4 is 5.84 Å². The van der Waals surface area contributed by atoms with Crippen LogP contribution in [0.1, 0.15) is 18.4 Å². The van der Waals surface area contributed by atoms with Crippen molar-refractivity contribution in [1.82, 2.24) is 0 Å². The van der Waals surface area contributed by atoms with Crippen molar-refractivity contribution in [1.29, 1.82) is 0 Å². The molecular weight excluding hydrogens is 248 g/mol. The summed E-state index contributed by atoms with van der Waals surface area (Å²) < 4.78 is 16.1. The standard InChI is InChI=1S/C13H18N2O4/c1-17-12-6-10(13(14)15-16)4-5-11(12)19-8-18-7-9-2-3-9/h4-6,9,16H,2-3,7-8H2,1H3,(H2,14,15). The zero-order valence-electron chi connectivity index (χ0n) is 10.8. The topological polar surface area (TPSA) is 86.3 Å². The number of nitrogens with zero attached hydrogens (tertiary/aromatic N) is 1. The van der Waals surface area contributed by atoms with E-state index in [1.165, 1.54) is 20.0 Å². The highest BCUT2D eigenvalue weighted by atomic mass is 16.7. The maximum absolute atomic E-state index is 8.62. The van der Waals surface area contributed by atoms with Gasteiger partial charge < -0.3 is 25.2 Å². The summed E-state index contributed by atoms with van der Waals surface area (Å²) in [4.78, 5) is 0. The molecule has 0 bridgehead atoms. The van der Waals surface area contributed by atoms with E-state index < -0.39 is 0 Å². The number of amidine groups is 1. The molecule has 0 saturated heterocycles. The SMILES string of the molecule is COc1cc(/C(N)=N/O)ccc1OCOCC1CC1. The summed E-state index contributed by atoms with van der Waals surface area (Å²) in [6.07, 6.45) is 2.50. The first kappa shape index (κ1) is 13.5. The molecule has 0 unspecified atom stereocenters. The summed E-state index contributed by atoms with van der Waals surface area (Å²) in [7, 11) is 1.53. The molecule has 19 heavy (non-hydrogen) atoms. The van der Waals surface area contributed by atoms with Crippen LogP contribution in [-0.2, 0) is 4.74 Å². The fraction of sp³-hybridized carbons (Fsp3) is 0.462. The first-order chi connectivity index (χ1) is 9.24. The van der Waals surface area contributed by atoms with Crippen LogP contribution in [-0.4, -0.2) is 31.6 Å². The number of hydrogen-bond acceptors (Lipinski definition) is 5. The number of oxime groups is 1. The number of benzene rings is 1. The van der Waals surface area contributed by atoms with Crippen LogP contribution in [0.2, 0.25) is 0 Å². The van der Waals surface area contributed by atoms with Crippen LogP contribution in [0.15, 0.2) is 23.4 Å². The van der Waals surface area contributed by atoms with Gasteiger partial charge in [0.2, 0.25) is 0 Å². The van der Waals surface area contributed by atoms with Crippen molar-refractivity contribution in [3.63, 3.8) is 0 Å². The zero-order chi connectivity index (χ0) is 13.7. The molecule has 0 aromatic heterocycles. The first-order valence-electron chi connectivity index (χ1n) is 6.11. The van der Waals surface area contributed by atoms with Crippen molar-refractivity contribution in [3.8, 4) is 11.5 Å². The van der Waals surface area contributed by atoms with Gasteiger partial charge in [0.25, 0.3) is 0 Å². The van der Waals surface area contributed by atoms with E-state index in [0.717, 1.165) is 6.61 Å². The zero-order valence-corrected chi connectivity index (χ0v) is 10.8. The van der Waals surface area contributed by atoms with E-state index in [1.807, 2.05) is 0 Å². The van der Waals surface area contributed by atoms with Crippen molar-refractivity contribution < 1.29 is 19.4 Å². The molecule has 0 aliphatic heterocycles. The second-order valence-electron chi connectivity index (χ2n) is 4.43. The number of rotatable bonds is 7. The van der Waals surface area contributed by atoms with Gasteiger partial charge in [0.1, 0.15) is 0 Å². The number of hydrogen-bond donors (Lipinski definition) is 2. The second kappa shape index (κ2) is 6.29. The summed E-state index contributed by atoms with van der Waals surface area (Å²) in [6.45, 7) is 0.931. The van der Waals surface area contributed by atoms with E-state index in [9.17, 15) is 0 Å². The van der Waals surface area contributed by atoms with Crippen LogP contribution in [0.5, 0.6) is 11.5 Å². The minimum absolute atomic E-state index is 0.0230. The van der Waals surface area contributed by atoms with Gasteiger partial charge in [-0.25, -0.2) is 0 Å². The van der Waals surface area contributed by atoms with E-state index >= 15 is 0 Å². The molecule has 6 heteroatoms. The average molecular weight is 266 g/mol. The number of ether oxygens (including phenoxy) is 3. The minimum Gasteiger partial charge on any atom is -0.493 e. The molecule has 0 heterocycles. The first-order valence-corrected chi connectivity index (χ1v) is 6.11. The molecule has 1 aliphatic rings. The van der Waals surface area contributed by atoms with Gasteiger partial charge in [0.05, 0.1) is 13.7 Å². The molecular formula is C13H18N2O4. The molecule has 0 amide bonds. The quantitative estimate of drug-likeness (QED) is 0.195. The monoisotopic (exact) mass is 266 g/mol. The Balaban J connectivity index is 1.94. The van der Waals surface area contributed by atoms with Crippen LogP contribution in [0.25, 0.3) is 0 Å². The summed E-state index contributed by atoms with van der Waals surface area (Å²) in [5, 5.41) is 11.6. The van der Waals surface area contributed by atoms with Gasteiger partial charge in [-0.05, 0) is 37.0 Å². The van der Waals surface area contributed by atoms with E-state index in [4.69, 9.17) is 25.2 Å². The summed E-state index contributed by atoms with van der Waals surface area (Å²) in [5.41, 5.74) is 6.07. The van der Waals surface area contributed by atoms with Gasteiger partial charge in [0, 0.05) is 5.56 Å². The van der Waals surface area contributed by atoms with Gasteiger partial charge in [-0.2, -0.15) is 0 Å². The lowest BCUT2D eigenvalue weighted by Gasteiger charge is -2.12. The Kier molecular flexibility index (Phi) is 4.46. The molecule has 1 aliphatic carbocycles. The van der Waals surface area contributed by atoms with Crippen molar-refractivity contribution in [2.24, 2.45) is 16.8 Å². The van der Waals surface area contributed by atoms with Crippen molar-refractivity contribution in [2.45, 2.75) is 12.8 Å². The normalized spacial score (nSPS) is 15.3. The predicted molar refractivity (Wildman–Crippen MR) is 69.7 cm³/mol. The fourth-order valence-corrected chi connectivity index (χ4v) is 1.61. The Morgan fingerprint density at radius 1 is 1.42 bits per heavy atom. The Morgan fingerprint density at radius 3 is 2.84 bits per heavy atom. The fourth-order valence-electron chi connectivity index (χ4n) is 1.61. The second-order valence-corrected chi connectivity index (χ2v) is 4.43. The molecule has 0 spiro atoms. The Bertz CT molecular complexity index is 458. The molecule has 1 saturated carbocycles. The molecule has 0 atom stereocenters. The maximum atomic E-state index is 8.62. The smallest absolute Gasteiger partial charge is 0.189 e. The highest BCUT2D eigenvalue weighted by molar-refractivity contribution is 5.97. The van der Waals surface area contributed by atoms with Crippen molar-refractivity contribution in [2.75, 3.05) is 20.5 Å². The molecule has 3 N–H and O–H groups in total. The molecule has 1 fully saturated rings. The van der Waals surface area contributed by atoms with Gasteiger partial charge in [0.15, 0.2) is 24.1 Å². The van der Waals surface area contributed by atoms with Crippen molar-refractivity contribution in [3.05, 3.63) is 23.8 Å². The van der Waals surface area contributed by atoms with Crippen LogP contribution < -0.4 is 15.2 Å².